The zero-order chi connectivity index (χ0) is 21.4. The van der Waals surface area contributed by atoms with Gasteiger partial charge in [-0.15, -0.1) is 0 Å². The van der Waals surface area contributed by atoms with E-state index in [1.54, 1.807) is 12.1 Å². The Labute approximate surface area is 174 Å². The number of rotatable bonds is 8. The van der Waals surface area contributed by atoms with Crippen LogP contribution >= 0.6 is 0 Å². The van der Waals surface area contributed by atoms with Gasteiger partial charge in [0.2, 0.25) is 11.8 Å². The van der Waals surface area contributed by atoms with Gasteiger partial charge in [0.1, 0.15) is 5.82 Å². The molecule has 5 nitrogen and oxygen atoms in total. The van der Waals surface area contributed by atoms with Crippen molar-refractivity contribution in [3.8, 4) is 0 Å². The fraction of sp³-hybridized carbons (Fsp3) is 0.652. The van der Waals surface area contributed by atoms with Gasteiger partial charge in [-0.05, 0) is 29.5 Å². The van der Waals surface area contributed by atoms with Gasteiger partial charge in [-0.25, -0.2) is 4.39 Å². The van der Waals surface area contributed by atoms with Crippen molar-refractivity contribution in [2.75, 3.05) is 39.3 Å². The van der Waals surface area contributed by atoms with E-state index < -0.39 is 0 Å². The molecule has 0 aromatic heterocycles. The normalized spacial score (nSPS) is 15.4. The van der Waals surface area contributed by atoms with Gasteiger partial charge in [0.15, 0.2) is 0 Å². The summed E-state index contributed by atoms with van der Waals surface area (Å²) >= 11 is 0. The standard InChI is InChI=1S/C23H36FN3O2/c1-5-6-21(28)26-14-11-25(12-15-26)13-16-27(22(29)17-23(2,3)4)18-19-7-9-20(24)10-8-19/h7-10H,5-6,11-18H2,1-4H3. The summed E-state index contributed by atoms with van der Waals surface area (Å²) in [6.45, 7) is 13.3. The molecule has 2 rings (SSSR count). The maximum atomic E-state index is 13.2. The molecule has 1 aromatic rings. The van der Waals surface area contributed by atoms with E-state index in [1.165, 1.54) is 12.1 Å². The van der Waals surface area contributed by atoms with Crippen LogP contribution in [-0.2, 0) is 16.1 Å². The minimum absolute atomic E-state index is 0.0800. The van der Waals surface area contributed by atoms with E-state index in [2.05, 4.69) is 25.7 Å². The van der Waals surface area contributed by atoms with Gasteiger partial charge in [0, 0.05) is 58.7 Å². The summed E-state index contributed by atoms with van der Waals surface area (Å²) in [5.74, 6) is 0.0980. The summed E-state index contributed by atoms with van der Waals surface area (Å²) in [5, 5.41) is 0. The molecular formula is C23H36FN3O2. The van der Waals surface area contributed by atoms with Gasteiger partial charge in [-0.1, -0.05) is 39.8 Å². The molecule has 1 aromatic carbocycles. The van der Waals surface area contributed by atoms with Crippen LogP contribution in [0.3, 0.4) is 0 Å². The minimum Gasteiger partial charge on any atom is -0.340 e. The fourth-order valence-electron chi connectivity index (χ4n) is 3.52. The summed E-state index contributed by atoms with van der Waals surface area (Å²) in [7, 11) is 0. The van der Waals surface area contributed by atoms with Crippen LogP contribution < -0.4 is 0 Å². The summed E-state index contributed by atoms with van der Waals surface area (Å²) in [5.41, 5.74) is 0.854. The van der Waals surface area contributed by atoms with Gasteiger partial charge in [-0.3, -0.25) is 14.5 Å². The molecule has 0 atom stereocenters. The number of nitrogens with zero attached hydrogens (tertiary/aromatic N) is 3. The van der Waals surface area contributed by atoms with Gasteiger partial charge in [0.05, 0.1) is 0 Å². The van der Waals surface area contributed by atoms with E-state index in [1.807, 2.05) is 16.7 Å². The van der Waals surface area contributed by atoms with Crippen LogP contribution in [0.4, 0.5) is 4.39 Å². The van der Waals surface area contributed by atoms with Crippen LogP contribution in [0.15, 0.2) is 24.3 Å². The van der Waals surface area contributed by atoms with Crippen LogP contribution in [0, 0.1) is 11.2 Å². The monoisotopic (exact) mass is 405 g/mol. The topological polar surface area (TPSA) is 43.9 Å². The number of hydrogen-bond donors (Lipinski definition) is 0. The number of benzene rings is 1. The Morgan fingerprint density at radius 3 is 2.24 bits per heavy atom. The molecule has 0 spiro atoms. The SMILES string of the molecule is CCCC(=O)N1CCN(CCN(Cc2ccc(F)cc2)C(=O)CC(C)(C)C)CC1. The number of carbonyl (C=O) groups excluding carboxylic acids is 2. The molecule has 2 amide bonds. The van der Waals surface area contributed by atoms with Crippen LogP contribution in [0.25, 0.3) is 0 Å². The Morgan fingerprint density at radius 1 is 1.07 bits per heavy atom. The van der Waals surface area contributed by atoms with Crippen molar-refractivity contribution >= 4 is 11.8 Å². The van der Waals surface area contributed by atoms with E-state index in [0.29, 0.717) is 25.9 Å². The lowest BCUT2D eigenvalue weighted by Crippen LogP contribution is -2.50. The zero-order valence-electron chi connectivity index (χ0n) is 18.4. The average molecular weight is 406 g/mol. The summed E-state index contributed by atoms with van der Waals surface area (Å²) in [6.07, 6.45) is 1.98. The van der Waals surface area contributed by atoms with E-state index in [-0.39, 0.29) is 23.0 Å². The van der Waals surface area contributed by atoms with Crippen LogP contribution in [-0.4, -0.2) is 65.8 Å². The van der Waals surface area contributed by atoms with Crippen LogP contribution in [0.1, 0.15) is 52.5 Å². The molecule has 162 valence electrons. The second-order valence-corrected chi connectivity index (χ2v) is 9.15. The zero-order valence-corrected chi connectivity index (χ0v) is 18.4. The Balaban J connectivity index is 1.92. The Bertz CT molecular complexity index is 662. The first-order valence-electron chi connectivity index (χ1n) is 10.7. The van der Waals surface area contributed by atoms with E-state index in [0.717, 1.165) is 44.7 Å². The number of amides is 2. The second-order valence-electron chi connectivity index (χ2n) is 9.15. The minimum atomic E-state index is -0.267. The number of halogens is 1. The highest BCUT2D eigenvalue weighted by atomic mass is 19.1. The highest BCUT2D eigenvalue weighted by molar-refractivity contribution is 5.77. The van der Waals surface area contributed by atoms with Crippen molar-refractivity contribution in [3.63, 3.8) is 0 Å². The van der Waals surface area contributed by atoms with Crippen LogP contribution in [0.2, 0.25) is 0 Å². The molecule has 0 bridgehead atoms. The van der Waals surface area contributed by atoms with Crippen molar-refractivity contribution in [1.29, 1.82) is 0 Å². The van der Waals surface area contributed by atoms with Crippen molar-refractivity contribution in [2.45, 2.75) is 53.5 Å². The van der Waals surface area contributed by atoms with Crippen molar-refractivity contribution in [1.82, 2.24) is 14.7 Å². The Morgan fingerprint density at radius 2 is 1.69 bits per heavy atom. The first-order valence-corrected chi connectivity index (χ1v) is 10.7. The third kappa shape index (κ3) is 8.13. The molecule has 1 aliphatic heterocycles. The predicted octanol–water partition coefficient (Wildman–Crippen LogP) is 3.53. The molecule has 1 aliphatic rings. The maximum Gasteiger partial charge on any atom is 0.223 e. The number of hydrogen-bond acceptors (Lipinski definition) is 3. The highest BCUT2D eigenvalue weighted by Crippen LogP contribution is 2.21. The lowest BCUT2D eigenvalue weighted by atomic mass is 9.91. The first-order chi connectivity index (χ1) is 13.7. The van der Waals surface area contributed by atoms with Crippen LogP contribution in [0.5, 0.6) is 0 Å². The van der Waals surface area contributed by atoms with E-state index in [9.17, 15) is 14.0 Å². The van der Waals surface area contributed by atoms with Gasteiger partial charge >= 0.3 is 0 Å². The molecule has 29 heavy (non-hydrogen) atoms. The Hall–Kier alpha value is -1.95. The predicted molar refractivity (Wildman–Crippen MR) is 114 cm³/mol. The molecule has 1 heterocycles. The largest absolute Gasteiger partial charge is 0.340 e. The molecule has 6 heteroatoms. The third-order valence-electron chi connectivity index (χ3n) is 5.20. The summed E-state index contributed by atoms with van der Waals surface area (Å²) in [4.78, 5) is 31.1. The maximum absolute atomic E-state index is 13.2. The number of piperazine rings is 1. The average Bonchev–Trinajstić information content (AvgIpc) is 2.66. The van der Waals surface area contributed by atoms with Gasteiger partial charge in [-0.2, -0.15) is 0 Å². The smallest absolute Gasteiger partial charge is 0.223 e. The quantitative estimate of drug-likeness (QED) is 0.665. The molecule has 0 unspecified atom stereocenters. The molecule has 1 fully saturated rings. The molecule has 0 radical (unpaired) electrons. The van der Waals surface area contributed by atoms with Gasteiger partial charge in [0.25, 0.3) is 0 Å². The third-order valence-corrected chi connectivity index (χ3v) is 5.20. The number of carbonyl (C=O) groups is 2. The first kappa shape index (κ1) is 23.3. The fourth-order valence-corrected chi connectivity index (χ4v) is 3.52. The highest BCUT2D eigenvalue weighted by Gasteiger charge is 2.24. The molecule has 0 saturated carbocycles. The second kappa shape index (κ2) is 10.7. The molecule has 1 saturated heterocycles. The lowest BCUT2D eigenvalue weighted by Gasteiger charge is -2.36. The van der Waals surface area contributed by atoms with Crippen molar-refractivity contribution in [2.24, 2.45) is 5.41 Å². The molecule has 0 N–H and O–H groups in total. The Kier molecular flexibility index (Phi) is 8.62. The molecule has 0 aliphatic carbocycles. The van der Waals surface area contributed by atoms with Crippen molar-refractivity contribution in [3.05, 3.63) is 35.6 Å². The summed E-state index contributed by atoms with van der Waals surface area (Å²) < 4.78 is 13.2. The van der Waals surface area contributed by atoms with Crippen molar-refractivity contribution < 1.29 is 14.0 Å². The van der Waals surface area contributed by atoms with E-state index >= 15 is 0 Å². The summed E-state index contributed by atoms with van der Waals surface area (Å²) in [6, 6.07) is 6.36. The van der Waals surface area contributed by atoms with E-state index in [4.69, 9.17) is 0 Å². The van der Waals surface area contributed by atoms with Gasteiger partial charge < -0.3 is 9.80 Å². The lowest BCUT2D eigenvalue weighted by molar-refractivity contribution is -0.134. The molecular weight excluding hydrogens is 369 g/mol.